The number of aliphatic hydroxyl groups excluding tert-OH is 3. The van der Waals surface area contributed by atoms with Crippen LogP contribution < -0.4 is 0 Å². The average Bonchev–Trinajstić information content (AvgIpc) is 2.68. The summed E-state index contributed by atoms with van der Waals surface area (Å²) in [5.41, 5.74) is 2.40. The molecule has 2 heterocycles. The number of hydrogen-bond acceptors (Lipinski definition) is 9. The molecule has 0 aliphatic rings. The molecule has 2 aromatic rings. The topological polar surface area (TPSA) is 152 Å². The van der Waals surface area contributed by atoms with Gasteiger partial charge >= 0.3 is 0 Å². The predicted molar refractivity (Wildman–Crippen MR) is 104 cm³/mol. The molecule has 0 aromatic carbocycles. The first-order chi connectivity index (χ1) is 13.4. The van der Waals surface area contributed by atoms with E-state index in [1.165, 1.54) is 24.8 Å². The Labute approximate surface area is 162 Å². The minimum atomic E-state index is -0.891. The van der Waals surface area contributed by atoms with Crippen LogP contribution in [0.25, 0.3) is 0 Å². The lowest BCUT2D eigenvalue weighted by Crippen LogP contribution is -2.15. The highest BCUT2D eigenvalue weighted by molar-refractivity contribution is 5.86. The van der Waals surface area contributed by atoms with E-state index in [2.05, 4.69) is 20.0 Å². The molecule has 2 aromatic heterocycles. The molecule has 150 valence electrons. The van der Waals surface area contributed by atoms with Gasteiger partial charge in [0.2, 0.25) is 0 Å². The van der Waals surface area contributed by atoms with Crippen LogP contribution >= 0.6 is 0 Å². The van der Waals surface area contributed by atoms with Crippen LogP contribution in [0.15, 0.2) is 22.4 Å². The Balaban J connectivity index is 2.02. The Kier molecular flexibility index (Phi) is 7.56. The monoisotopic (exact) mass is 388 g/mol. The van der Waals surface area contributed by atoms with Crippen LogP contribution in [-0.2, 0) is 13.2 Å². The number of aliphatic imine (C=N–C) groups is 2. The fraction of sp³-hybridized carbons (Fsp3) is 0.368. The zero-order valence-electron chi connectivity index (χ0n) is 15.7. The molecule has 28 heavy (non-hydrogen) atoms. The van der Waals surface area contributed by atoms with Gasteiger partial charge in [0, 0.05) is 47.1 Å². The third kappa shape index (κ3) is 5.10. The van der Waals surface area contributed by atoms with Gasteiger partial charge in [-0.25, -0.2) is 0 Å². The molecule has 0 saturated carbocycles. The highest BCUT2D eigenvalue weighted by Crippen LogP contribution is 2.23. The van der Waals surface area contributed by atoms with Gasteiger partial charge in [0.1, 0.15) is 11.5 Å². The predicted octanol–water partition coefficient (Wildman–Crippen LogP) is 0.388. The molecular weight excluding hydrogens is 364 g/mol. The first kappa shape index (κ1) is 21.4. The lowest BCUT2D eigenvalue weighted by atomic mass is 10.1. The van der Waals surface area contributed by atoms with Gasteiger partial charge in [-0.3, -0.25) is 20.0 Å². The van der Waals surface area contributed by atoms with Crippen LogP contribution in [0.5, 0.6) is 11.5 Å². The molecule has 0 aliphatic heterocycles. The van der Waals surface area contributed by atoms with E-state index >= 15 is 0 Å². The van der Waals surface area contributed by atoms with E-state index in [9.17, 15) is 25.5 Å². The fourth-order valence-corrected chi connectivity index (χ4v) is 2.43. The van der Waals surface area contributed by atoms with Gasteiger partial charge in [0.25, 0.3) is 0 Å². The summed E-state index contributed by atoms with van der Waals surface area (Å²) >= 11 is 0. The van der Waals surface area contributed by atoms with E-state index in [-0.39, 0.29) is 37.8 Å². The van der Waals surface area contributed by atoms with Crippen molar-refractivity contribution in [2.75, 3.05) is 13.1 Å². The molecule has 0 bridgehead atoms. The fourth-order valence-electron chi connectivity index (χ4n) is 2.43. The minimum Gasteiger partial charge on any atom is -0.505 e. The van der Waals surface area contributed by atoms with Crippen molar-refractivity contribution in [3.05, 3.63) is 46.0 Å². The van der Waals surface area contributed by atoms with Crippen molar-refractivity contribution in [1.29, 1.82) is 0 Å². The Bertz CT molecular complexity index is 812. The van der Waals surface area contributed by atoms with Crippen LogP contribution in [-0.4, -0.2) is 67.1 Å². The number of aromatic nitrogens is 2. The number of aliphatic hydroxyl groups is 3. The number of hydrogen-bond donors (Lipinski definition) is 5. The Hall–Kier alpha value is -2.88. The highest BCUT2D eigenvalue weighted by Gasteiger charge is 2.11. The van der Waals surface area contributed by atoms with Crippen molar-refractivity contribution in [1.82, 2.24) is 9.97 Å². The second-order valence-corrected chi connectivity index (χ2v) is 6.22. The first-order valence-electron chi connectivity index (χ1n) is 8.63. The standard InChI is InChI=1S/C19H24N4O5/c1-11-18(27)16(13(9-24)3-22-11)7-20-5-15(26)6-21-8-17-14(10-25)4-23-12(2)19(17)28/h3-4,7-8,15,24-28H,5-6,9-10H2,1-2H3. The summed E-state index contributed by atoms with van der Waals surface area (Å²) in [6.07, 6.45) is 4.78. The lowest BCUT2D eigenvalue weighted by Gasteiger charge is -2.09. The number of nitrogens with zero attached hydrogens (tertiary/aromatic N) is 4. The van der Waals surface area contributed by atoms with Gasteiger partial charge in [0.15, 0.2) is 0 Å². The lowest BCUT2D eigenvalue weighted by molar-refractivity contribution is 0.192. The maximum atomic E-state index is 10.0. The smallest absolute Gasteiger partial charge is 0.145 e. The maximum Gasteiger partial charge on any atom is 0.145 e. The highest BCUT2D eigenvalue weighted by atomic mass is 16.3. The van der Waals surface area contributed by atoms with Crippen molar-refractivity contribution in [2.45, 2.75) is 33.2 Å². The SMILES string of the molecule is Cc1ncc(CO)c(C=NCC(O)CN=Cc2c(CO)cnc(C)c2O)c1O. The number of rotatable bonds is 8. The van der Waals surface area contributed by atoms with Gasteiger partial charge in [-0.1, -0.05) is 0 Å². The zero-order chi connectivity index (χ0) is 20.7. The molecule has 5 N–H and O–H groups in total. The second-order valence-electron chi connectivity index (χ2n) is 6.22. The summed E-state index contributed by atoms with van der Waals surface area (Å²) in [5.74, 6) is -0.134. The van der Waals surface area contributed by atoms with Crippen molar-refractivity contribution in [3.8, 4) is 11.5 Å². The van der Waals surface area contributed by atoms with E-state index in [1.807, 2.05) is 0 Å². The Morgan fingerprint density at radius 3 is 1.61 bits per heavy atom. The minimum absolute atomic E-state index is 0.0250. The number of pyridine rings is 2. The van der Waals surface area contributed by atoms with Gasteiger partial charge in [-0.05, 0) is 13.8 Å². The third-order valence-corrected chi connectivity index (χ3v) is 4.13. The van der Waals surface area contributed by atoms with Crippen molar-refractivity contribution in [2.24, 2.45) is 9.98 Å². The molecule has 9 heteroatoms. The quantitative estimate of drug-likeness (QED) is 0.410. The summed E-state index contributed by atoms with van der Waals surface area (Å²) in [6, 6.07) is 0. The number of aryl methyl sites for hydroxylation is 2. The molecule has 0 atom stereocenters. The molecule has 0 unspecified atom stereocenters. The van der Waals surface area contributed by atoms with Gasteiger partial charge in [-0.2, -0.15) is 0 Å². The van der Waals surface area contributed by atoms with Gasteiger partial charge in [-0.15, -0.1) is 0 Å². The molecule has 0 fully saturated rings. The van der Waals surface area contributed by atoms with Crippen LogP contribution in [0.1, 0.15) is 33.6 Å². The van der Waals surface area contributed by atoms with Gasteiger partial charge < -0.3 is 25.5 Å². The molecular formula is C19H24N4O5. The van der Waals surface area contributed by atoms with E-state index in [0.717, 1.165) is 0 Å². The van der Waals surface area contributed by atoms with Crippen LogP contribution in [0.4, 0.5) is 0 Å². The van der Waals surface area contributed by atoms with Gasteiger partial charge in [0.05, 0.1) is 43.8 Å². The van der Waals surface area contributed by atoms with Crippen molar-refractivity contribution < 1.29 is 25.5 Å². The summed E-state index contributed by atoms with van der Waals surface area (Å²) in [7, 11) is 0. The molecule has 0 radical (unpaired) electrons. The Morgan fingerprint density at radius 1 is 0.857 bits per heavy atom. The summed E-state index contributed by atoms with van der Waals surface area (Å²) in [4.78, 5) is 16.1. The molecule has 0 saturated heterocycles. The second kappa shape index (κ2) is 9.88. The van der Waals surface area contributed by atoms with E-state index in [1.54, 1.807) is 13.8 Å². The summed E-state index contributed by atoms with van der Waals surface area (Å²) in [5, 5.41) is 48.8. The van der Waals surface area contributed by atoms with E-state index in [4.69, 9.17) is 0 Å². The van der Waals surface area contributed by atoms with Crippen molar-refractivity contribution in [3.63, 3.8) is 0 Å². The molecule has 9 nitrogen and oxygen atoms in total. The molecule has 0 spiro atoms. The third-order valence-electron chi connectivity index (χ3n) is 4.13. The Morgan fingerprint density at radius 2 is 1.25 bits per heavy atom. The maximum absolute atomic E-state index is 10.0. The molecule has 0 aliphatic carbocycles. The van der Waals surface area contributed by atoms with Crippen LogP contribution in [0.2, 0.25) is 0 Å². The summed E-state index contributed by atoms with van der Waals surface area (Å²) < 4.78 is 0. The van der Waals surface area contributed by atoms with Crippen molar-refractivity contribution >= 4 is 12.4 Å². The van der Waals surface area contributed by atoms with E-state index < -0.39 is 6.10 Å². The van der Waals surface area contributed by atoms with Crippen LogP contribution in [0, 0.1) is 13.8 Å². The van der Waals surface area contributed by atoms with Crippen LogP contribution in [0.3, 0.4) is 0 Å². The largest absolute Gasteiger partial charge is 0.505 e. The summed E-state index contributed by atoms with van der Waals surface area (Å²) in [6.45, 7) is 2.73. The normalized spacial score (nSPS) is 12.9. The molecule has 2 rings (SSSR count). The first-order valence-corrected chi connectivity index (χ1v) is 8.63. The number of aromatic hydroxyl groups is 2. The zero-order valence-corrected chi connectivity index (χ0v) is 15.7. The molecule has 0 amide bonds. The average molecular weight is 388 g/mol. The van der Waals surface area contributed by atoms with E-state index in [0.29, 0.717) is 33.6 Å².